The molecule has 1 N–H and O–H groups in total. The maximum atomic E-state index is 12.0. The van der Waals surface area contributed by atoms with Gasteiger partial charge in [-0.1, -0.05) is 6.92 Å². The largest absolute Gasteiger partial charge is 0.496 e. The van der Waals surface area contributed by atoms with E-state index in [0.717, 1.165) is 4.47 Å². The van der Waals surface area contributed by atoms with Crippen molar-refractivity contribution in [2.45, 2.75) is 19.9 Å². The van der Waals surface area contributed by atoms with Gasteiger partial charge in [-0.05, 0) is 47.0 Å². The van der Waals surface area contributed by atoms with Crippen LogP contribution in [0.4, 0.5) is 0 Å². The quantitative estimate of drug-likeness (QED) is 0.838. The van der Waals surface area contributed by atoms with Gasteiger partial charge in [0.05, 0.1) is 11.6 Å². The zero-order valence-electron chi connectivity index (χ0n) is 10.7. The highest BCUT2D eigenvalue weighted by Crippen LogP contribution is 2.25. The predicted octanol–water partition coefficient (Wildman–Crippen LogP) is 3.45. The summed E-state index contributed by atoms with van der Waals surface area (Å²) in [4.78, 5) is 12.0. The average Bonchev–Trinajstić information content (AvgIpc) is 2.37. The molecule has 0 spiro atoms. The molecule has 1 amide bonds. The second-order valence-electron chi connectivity index (χ2n) is 4.24. The summed E-state index contributed by atoms with van der Waals surface area (Å²) in [6.07, 6.45) is 0. The van der Waals surface area contributed by atoms with Gasteiger partial charge in [0, 0.05) is 17.5 Å². The predicted molar refractivity (Wildman–Crippen MR) is 77.5 cm³/mol. The molecule has 18 heavy (non-hydrogen) atoms. The van der Waals surface area contributed by atoms with E-state index in [1.807, 2.05) is 13.8 Å². The van der Waals surface area contributed by atoms with E-state index in [1.165, 1.54) is 0 Å². The number of carbonyl (C=O) groups excluding carboxylic acids is 1. The number of amides is 1. The molecule has 1 aromatic rings. The van der Waals surface area contributed by atoms with Crippen LogP contribution in [0.3, 0.4) is 0 Å². The van der Waals surface area contributed by atoms with Crippen molar-refractivity contribution in [3.63, 3.8) is 0 Å². The van der Waals surface area contributed by atoms with Crippen LogP contribution in [-0.4, -0.2) is 24.9 Å². The third kappa shape index (κ3) is 3.89. The van der Waals surface area contributed by atoms with Crippen LogP contribution in [0.15, 0.2) is 22.7 Å². The van der Waals surface area contributed by atoms with Gasteiger partial charge in [0.1, 0.15) is 5.75 Å². The summed E-state index contributed by atoms with van der Waals surface area (Å²) >= 11 is 9.12. The average molecular weight is 335 g/mol. The molecule has 0 radical (unpaired) electrons. The zero-order chi connectivity index (χ0) is 13.7. The molecule has 2 atom stereocenters. The second kappa shape index (κ2) is 7.00. The number of halogens is 2. The van der Waals surface area contributed by atoms with E-state index in [2.05, 4.69) is 21.2 Å². The van der Waals surface area contributed by atoms with Crippen LogP contribution in [0.5, 0.6) is 5.75 Å². The molecule has 3 nitrogen and oxygen atoms in total. The van der Waals surface area contributed by atoms with Gasteiger partial charge in [0.25, 0.3) is 5.91 Å². The molecular weight excluding hydrogens is 318 g/mol. The topological polar surface area (TPSA) is 38.3 Å². The molecule has 100 valence electrons. The first-order valence-corrected chi connectivity index (χ1v) is 7.02. The normalized spacial score (nSPS) is 13.8. The minimum absolute atomic E-state index is 0.0378. The Morgan fingerprint density at radius 1 is 1.50 bits per heavy atom. The maximum Gasteiger partial charge on any atom is 0.251 e. The Bertz CT molecular complexity index is 425. The SMILES string of the molecule is COc1ccc(C(=O)NC(C)C(C)CCl)cc1Br. The van der Waals surface area contributed by atoms with E-state index in [9.17, 15) is 4.79 Å². The van der Waals surface area contributed by atoms with Crippen molar-refractivity contribution in [1.82, 2.24) is 5.32 Å². The molecule has 0 saturated heterocycles. The number of alkyl halides is 1. The lowest BCUT2D eigenvalue weighted by atomic mass is 10.1. The molecule has 0 aliphatic rings. The number of rotatable bonds is 5. The van der Waals surface area contributed by atoms with Gasteiger partial charge in [-0.25, -0.2) is 0 Å². The monoisotopic (exact) mass is 333 g/mol. The molecule has 0 aromatic heterocycles. The minimum atomic E-state index is -0.109. The molecule has 0 fully saturated rings. The van der Waals surface area contributed by atoms with E-state index in [0.29, 0.717) is 17.2 Å². The number of hydrogen-bond donors (Lipinski definition) is 1. The van der Waals surface area contributed by atoms with E-state index in [-0.39, 0.29) is 17.9 Å². The molecule has 2 unspecified atom stereocenters. The Labute approximate surface area is 121 Å². The van der Waals surface area contributed by atoms with Crippen LogP contribution in [-0.2, 0) is 0 Å². The molecule has 0 saturated carbocycles. The summed E-state index contributed by atoms with van der Waals surface area (Å²) < 4.78 is 5.88. The summed E-state index contributed by atoms with van der Waals surface area (Å²) in [7, 11) is 1.59. The number of benzene rings is 1. The summed E-state index contributed by atoms with van der Waals surface area (Å²) in [6, 6.07) is 5.27. The van der Waals surface area contributed by atoms with Gasteiger partial charge in [-0.15, -0.1) is 11.6 Å². The molecule has 0 aliphatic heterocycles. The maximum absolute atomic E-state index is 12.0. The number of carbonyl (C=O) groups is 1. The van der Waals surface area contributed by atoms with Gasteiger partial charge >= 0.3 is 0 Å². The lowest BCUT2D eigenvalue weighted by molar-refractivity contribution is 0.0931. The summed E-state index contributed by atoms with van der Waals surface area (Å²) in [5, 5.41) is 2.93. The Morgan fingerprint density at radius 3 is 2.67 bits per heavy atom. The number of methoxy groups -OCH3 is 1. The Hall–Kier alpha value is -0.740. The van der Waals surface area contributed by atoms with Crippen molar-refractivity contribution in [3.05, 3.63) is 28.2 Å². The van der Waals surface area contributed by atoms with Gasteiger partial charge in [0.2, 0.25) is 0 Å². The van der Waals surface area contributed by atoms with Gasteiger partial charge in [-0.3, -0.25) is 4.79 Å². The first-order valence-electron chi connectivity index (χ1n) is 5.70. The highest BCUT2D eigenvalue weighted by Gasteiger charge is 2.15. The second-order valence-corrected chi connectivity index (χ2v) is 5.41. The third-order valence-corrected chi connectivity index (χ3v) is 3.98. The van der Waals surface area contributed by atoms with Crippen molar-refractivity contribution in [1.29, 1.82) is 0 Å². The van der Waals surface area contributed by atoms with Crippen molar-refractivity contribution in [2.24, 2.45) is 5.92 Å². The molecule has 0 bridgehead atoms. The molecule has 1 aromatic carbocycles. The fourth-order valence-corrected chi connectivity index (χ4v) is 2.18. The molecule has 1 rings (SSSR count). The molecule has 5 heteroatoms. The smallest absolute Gasteiger partial charge is 0.251 e. The Morgan fingerprint density at radius 2 is 2.17 bits per heavy atom. The molecule has 0 aliphatic carbocycles. The standard InChI is InChI=1S/C13H17BrClNO2/c1-8(7-15)9(2)16-13(17)10-4-5-12(18-3)11(14)6-10/h4-6,8-9H,7H2,1-3H3,(H,16,17). The Balaban J connectivity index is 2.76. The van der Waals surface area contributed by atoms with Crippen molar-refractivity contribution in [2.75, 3.05) is 13.0 Å². The van der Waals surface area contributed by atoms with Crippen LogP contribution in [0.25, 0.3) is 0 Å². The first kappa shape index (κ1) is 15.3. The fourth-order valence-electron chi connectivity index (χ4n) is 1.37. The van der Waals surface area contributed by atoms with E-state index >= 15 is 0 Å². The van der Waals surface area contributed by atoms with Crippen molar-refractivity contribution >= 4 is 33.4 Å². The van der Waals surface area contributed by atoms with Crippen LogP contribution in [0, 0.1) is 5.92 Å². The fraction of sp³-hybridized carbons (Fsp3) is 0.462. The number of ether oxygens (including phenoxy) is 1. The highest BCUT2D eigenvalue weighted by molar-refractivity contribution is 9.10. The van der Waals surface area contributed by atoms with Gasteiger partial charge in [-0.2, -0.15) is 0 Å². The number of hydrogen-bond acceptors (Lipinski definition) is 2. The lowest BCUT2D eigenvalue weighted by Crippen LogP contribution is -2.37. The molecule has 0 heterocycles. The zero-order valence-corrected chi connectivity index (χ0v) is 13.0. The van der Waals surface area contributed by atoms with Crippen LogP contribution >= 0.6 is 27.5 Å². The van der Waals surface area contributed by atoms with Gasteiger partial charge in [0.15, 0.2) is 0 Å². The number of nitrogens with one attached hydrogen (secondary N) is 1. The van der Waals surface area contributed by atoms with Crippen molar-refractivity contribution < 1.29 is 9.53 Å². The van der Waals surface area contributed by atoms with Gasteiger partial charge < -0.3 is 10.1 Å². The first-order chi connectivity index (χ1) is 8.49. The summed E-state index contributed by atoms with van der Waals surface area (Å²) in [5.41, 5.74) is 0.594. The van der Waals surface area contributed by atoms with E-state index in [1.54, 1.807) is 25.3 Å². The summed E-state index contributed by atoms with van der Waals surface area (Å²) in [6.45, 7) is 3.95. The van der Waals surface area contributed by atoms with Crippen molar-refractivity contribution in [3.8, 4) is 5.75 Å². The minimum Gasteiger partial charge on any atom is -0.496 e. The Kier molecular flexibility index (Phi) is 5.96. The van der Waals surface area contributed by atoms with Crippen LogP contribution < -0.4 is 10.1 Å². The third-order valence-electron chi connectivity index (χ3n) is 2.87. The highest BCUT2D eigenvalue weighted by atomic mass is 79.9. The van der Waals surface area contributed by atoms with E-state index < -0.39 is 0 Å². The lowest BCUT2D eigenvalue weighted by Gasteiger charge is -2.19. The molecular formula is C13H17BrClNO2. The van der Waals surface area contributed by atoms with E-state index in [4.69, 9.17) is 16.3 Å². The summed E-state index contributed by atoms with van der Waals surface area (Å²) in [5.74, 6) is 1.35. The van der Waals surface area contributed by atoms with Crippen LogP contribution in [0.1, 0.15) is 24.2 Å². The van der Waals surface area contributed by atoms with Crippen LogP contribution in [0.2, 0.25) is 0 Å².